The molecule has 3 rings (SSSR count). The van der Waals surface area contributed by atoms with Crippen LogP contribution in [0.5, 0.6) is 0 Å². The van der Waals surface area contributed by atoms with Gasteiger partial charge in [-0.15, -0.1) is 11.3 Å². The number of aromatic nitrogens is 4. The van der Waals surface area contributed by atoms with Crippen molar-refractivity contribution in [3.05, 3.63) is 45.3 Å². The van der Waals surface area contributed by atoms with Crippen LogP contribution in [0, 0.1) is 17.0 Å². The van der Waals surface area contributed by atoms with Gasteiger partial charge in [0.25, 0.3) is 0 Å². The monoisotopic (exact) mass is 319 g/mol. The van der Waals surface area contributed by atoms with Crippen molar-refractivity contribution < 1.29 is 9.45 Å². The van der Waals surface area contributed by atoms with E-state index < -0.39 is 4.92 Å². The van der Waals surface area contributed by atoms with E-state index in [4.69, 9.17) is 4.52 Å². The van der Waals surface area contributed by atoms with Crippen LogP contribution in [0.25, 0.3) is 10.7 Å². The SMILES string of the molecule is Cc1cc([N+](=O)[O-])nn1C[C@H](C)c1nc(-c2cccs2)no1. The van der Waals surface area contributed by atoms with Crippen LogP contribution in [0.2, 0.25) is 0 Å². The molecule has 9 heteroatoms. The van der Waals surface area contributed by atoms with Gasteiger partial charge in [0, 0.05) is 0 Å². The van der Waals surface area contributed by atoms with Crippen LogP contribution in [-0.4, -0.2) is 24.8 Å². The molecule has 3 aromatic rings. The van der Waals surface area contributed by atoms with E-state index in [1.165, 1.54) is 17.4 Å². The van der Waals surface area contributed by atoms with E-state index in [-0.39, 0.29) is 11.7 Å². The summed E-state index contributed by atoms with van der Waals surface area (Å²) in [7, 11) is 0. The fraction of sp³-hybridized carbons (Fsp3) is 0.308. The lowest BCUT2D eigenvalue weighted by Gasteiger charge is -2.04. The van der Waals surface area contributed by atoms with Crippen molar-refractivity contribution >= 4 is 17.2 Å². The van der Waals surface area contributed by atoms with Gasteiger partial charge in [-0.1, -0.05) is 18.1 Å². The topological polar surface area (TPSA) is 99.9 Å². The molecule has 0 radical (unpaired) electrons. The number of hydrogen-bond donors (Lipinski definition) is 0. The van der Waals surface area contributed by atoms with Crippen molar-refractivity contribution in [2.24, 2.45) is 0 Å². The summed E-state index contributed by atoms with van der Waals surface area (Å²) in [5.74, 6) is 0.787. The van der Waals surface area contributed by atoms with Crippen LogP contribution >= 0.6 is 11.3 Å². The third-order valence-corrected chi connectivity index (χ3v) is 4.07. The molecule has 0 unspecified atom stereocenters. The first-order valence-corrected chi connectivity index (χ1v) is 7.49. The van der Waals surface area contributed by atoms with E-state index in [1.807, 2.05) is 24.4 Å². The summed E-state index contributed by atoms with van der Waals surface area (Å²) in [5, 5.41) is 20.6. The van der Waals surface area contributed by atoms with Gasteiger partial charge in [-0.3, -0.25) is 0 Å². The van der Waals surface area contributed by atoms with Gasteiger partial charge >= 0.3 is 5.82 Å². The van der Waals surface area contributed by atoms with Crippen molar-refractivity contribution in [3.8, 4) is 10.7 Å². The number of nitro groups is 1. The Morgan fingerprint density at radius 1 is 1.55 bits per heavy atom. The minimum Gasteiger partial charge on any atom is -0.358 e. The maximum Gasteiger partial charge on any atom is 0.390 e. The first-order chi connectivity index (χ1) is 10.5. The van der Waals surface area contributed by atoms with Gasteiger partial charge in [0.2, 0.25) is 11.7 Å². The van der Waals surface area contributed by atoms with Gasteiger partial charge in [-0.2, -0.15) is 9.67 Å². The summed E-state index contributed by atoms with van der Waals surface area (Å²) in [6.45, 7) is 4.13. The molecule has 0 aromatic carbocycles. The normalized spacial score (nSPS) is 12.5. The summed E-state index contributed by atoms with van der Waals surface area (Å²) in [5.41, 5.74) is 0.719. The summed E-state index contributed by atoms with van der Waals surface area (Å²) in [6.07, 6.45) is 0. The van der Waals surface area contributed by atoms with E-state index in [0.29, 0.717) is 18.3 Å². The largest absolute Gasteiger partial charge is 0.390 e. The van der Waals surface area contributed by atoms with Crippen molar-refractivity contribution in [2.75, 3.05) is 0 Å². The summed E-state index contributed by atoms with van der Waals surface area (Å²) in [4.78, 5) is 15.6. The van der Waals surface area contributed by atoms with Gasteiger partial charge < -0.3 is 14.6 Å². The highest BCUT2D eigenvalue weighted by molar-refractivity contribution is 7.13. The molecule has 1 atom stereocenters. The predicted octanol–water partition coefficient (Wildman–Crippen LogP) is 3.01. The molecule has 0 spiro atoms. The molecule has 3 aromatic heterocycles. The third kappa shape index (κ3) is 2.75. The molecule has 0 saturated heterocycles. The van der Waals surface area contributed by atoms with Crippen molar-refractivity contribution in [1.82, 2.24) is 19.9 Å². The van der Waals surface area contributed by atoms with Gasteiger partial charge in [-0.05, 0) is 23.3 Å². The van der Waals surface area contributed by atoms with Crippen LogP contribution < -0.4 is 0 Å². The molecule has 3 heterocycles. The van der Waals surface area contributed by atoms with Gasteiger partial charge in [0.15, 0.2) is 0 Å². The van der Waals surface area contributed by atoms with Crippen LogP contribution in [0.1, 0.15) is 24.4 Å². The maximum atomic E-state index is 10.7. The highest BCUT2D eigenvalue weighted by Crippen LogP contribution is 2.24. The Morgan fingerprint density at radius 2 is 2.36 bits per heavy atom. The number of hydrogen-bond acceptors (Lipinski definition) is 7. The zero-order valence-electron chi connectivity index (χ0n) is 12.0. The van der Waals surface area contributed by atoms with Crippen molar-refractivity contribution in [1.29, 1.82) is 0 Å². The number of aryl methyl sites for hydroxylation is 1. The number of rotatable bonds is 5. The molecule has 22 heavy (non-hydrogen) atoms. The first kappa shape index (κ1) is 14.4. The van der Waals surface area contributed by atoms with E-state index in [2.05, 4.69) is 15.2 Å². The Labute approximate surface area is 129 Å². The quantitative estimate of drug-likeness (QED) is 0.529. The minimum atomic E-state index is -0.504. The fourth-order valence-corrected chi connectivity index (χ4v) is 2.69. The Kier molecular flexibility index (Phi) is 3.72. The molecule has 0 aliphatic carbocycles. The number of nitrogens with zero attached hydrogens (tertiary/aromatic N) is 5. The lowest BCUT2D eigenvalue weighted by Crippen LogP contribution is -2.09. The average molecular weight is 319 g/mol. The van der Waals surface area contributed by atoms with Crippen molar-refractivity contribution in [3.63, 3.8) is 0 Å². The van der Waals surface area contributed by atoms with Gasteiger partial charge in [-0.25, -0.2) is 0 Å². The predicted molar refractivity (Wildman–Crippen MR) is 79.6 cm³/mol. The van der Waals surface area contributed by atoms with Crippen molar-refractivity contribution in [2.45, 2.75) is 26.3 Å². The molecule has 0 fully saturated rings. The van der Waals surface area contributed by atoms with Gasteiger partial charge in [0.1, 0.15) is 0 Å². The summed E-state index contributed by atoms with van der Waals surface area (Å²) < 4.78 is 6.87. The first-order valence-electron chi connectivity index (χ1n) is 6.61. The highest BCUT2D eigenvalue weighted by atomic mass is 32.1. The van der Waals surface area contributed by atoms with Crippen LogP contribution in [0.3, 0.4) is 0 Å². The number of thiophene rings is 1. The second kappa shape index (κ2) is 5.68. The second-order valence-corrected chi connectivity index (χ2v) is 5.87. The van der Waals surface area contributed by atoms with E-state index in [9.17, 15) is 10.1 Å². The highest BCUT2D eigenvalue weighted by Gasteiger charge is 2.21. The maximum absolute atomic E-state index is 10.7. The van der Waals surface area contributed by atoms with Gasteiger partial charge in [0.05, 0.1) is 34.2 Å². The molecule has 0 bridgehead atoms. The van der Waals surface area contributed by atoms with E-state index in [1.54, 1.807) is 11.6 Å². The molecule has 0 aliphatic rings. The van der Waals surface area contributed by atoms with Crippen LogP contribution in [-0.2, 0) is 6.54 Å². The molecule has 0 N–H and O–H groups in total. The summed E-state index contributed by atoms with van der Waals surface area (Å²) in [6, 6.07) is 5.29. The van der Waals surface area contributed by atoms with E-state index >= 15 is 0 Å². The molecule has 114 valence electrons. The minimum absolute atomic E-state index is 0.0978. The molecular formula is C13H13N5O3S. The zero-order chi connectivity index (χ0) is 15.7. The Bertz CT molecular complexity index is 793. The average Bonchev–Trinajstić information content (AvgIpc) is 3.18. The third-order valence-electron chi connectivity index (χ3n) is 3.21. The summed E-state index contributed by atoms with van der Waals surface area (Å²) >= 11 is 1.54. The molecular weight excluding hydrogens is 306 g/mol. The lowest BCUT2D eigenvalue weighted by molar-refractivity contribution is -0.389. The van der Waals surface area contributed by atoms with E-state index in [0.717, 1.165) is 10.6 Å². The Balaban J connectivity index is 1.77. The van der Waals surface area contributed by atoms with Crippen LogP contribution in [0.15, 0.2) is 28.1 Å². The fourth-order valence-electron chi connectivity index (χ4n) is 2.05. The molecule has 8 nitrogen and oxygen atoms in total. The molecule has 0 amide bonds. The molecule has 0 saturated carbocycles. The Morgan fingerprint density at radius 3 is 3.00 bits per heavy atom. The Hall–Kier alpha value is -2.55. The zero-order valence-corrected chi connectivity index (χ0v) is 12.8. The second-order valence-electron chi connectivity index (χ2n) is 4.92. The standard InChI is InChI=1S/C13H13N5O3S/c1-8(7-17-9(2)6-11(15-17)18(19)20)13-14-12(16-21-13)10-4-3-5-22-10/h3-6,8H,7H2,1-2H3/t8-/m0/s1. The lowest BCUT2D eigenvalue weighted by atomic mass is 10.2. The smallest absolute Gasteiger partial charge is 0.358 e. The molecule has 0 aliphatic heterocycles. The van der Waals surface area contributed by atoms with Crippen LogP contribution in [0.4, 0.5) is 5.82 Å².